The van der Waals surface area contributed by atoms with E-state index in [9.17, 15) is 4.79 Å². The molecule has 2 bridgehead atoms. The predicted octanol–water partition coefficient (Wildman–Crippen LogP) is 2.54. The van der Waals surface area contributed by atoms with Crippen molar-refractivity contribution in [2.45, 2.75) is 32.2 Å². The first-order valence-electron chi connectivity index (χ1n) is 7.85. The van der Waals surface area contributed by atoms with Crippen molar-refractivity contribution in [1.29, 1.82) is 0 Å². The van der Waals surface area contributed by atoms with Gasteiger partial charge in [0.15, 0.2) is 0 Å². The van der Waals surface area contributed by atoms with Gasteiger partial charge in [0.25, 0.3) is 5.91 Å². The number of nitrogens with zero attached hydrogens (tertiary/aromatic N) is 1. The standard InChI is InChI=1S/C17H24N2O/c1-2-13-12-19-9-8-15(13)10-16(19)11-18-17(20)14-6-4-3-5-7-14/h3-7,13,15-16H,2,8-12H2,1H3,(H,18,20)/t13-,15+,16-/m1/s1. The van der Waals surface area contributed by atoms with Crippen molar-refractivity contribution in [3.63, 3.8) is 0 Å². The number of piperidine rings is 3. The Hall–Kier alpha value is -1.35. The Morgan fingerprint density at radius 1 is 1.35 bits per heavy atom. The Morgan fingerprint density at radius 2 is 2.15 bits per heavy atom. The smallest absolute Gasteiger partial charge is 0.251 e. The highest BCUT2D eigenvalue weighted by Gasteiger charge is 2.38. The van der Waals surface area contributed by atoms with Crippen LogP contribution in [0.1, 0.15) is 36.5 Å². The van der Waals surface area contributed by atoms with E-state index >= 15 is 0 Å². The summed E-state index contributed by atoms with van der Waals surface area (Å²) in [4.78, 5) is 14.7. The summed E-state index contributed by atoms with van der Waals surface area (Å²) in [6.07, 6.45) is 3.90. The maximum Gasteiger partial charge on any atom is 0.251 e. The number of rotatable bonds is 4. The molecule has 20 heavy (non-hydrogen) atoms. The van der Waals surface area contributed by atoms with Gasteiger partial charge in [-0.2, -0.15) is 0 Å². The minimum absolute atomic E-state index is 0.0558. The van der Waals surface area contributed by atoms with Gasteiger partial charge in [0.05, 0.1) is 0 Å². The van der Waals surface area contributed by atoms with Crippen LogP contribution >= 0.6 is 0 Å². The van der Waals surface area contributed by atoms with Gasteiger partial charge in [0, 0.05) is 24.7 Å². The van der Waals surface area contributed by atoms with Crippen LogP contribution in [-0.4, -0.2) is 36.5 Å². The molecule has 3 fully saturated rings. The zero-order valence-electron chi connectivity index (χ0n) is 12.2. The molecule has 0 saturated carbocycles. The third-order valence-corrected chi connectivity index (χ3v) is 5.07. The van der Waals surface area contributed by atoms with E-state index in [4.69, 9.17) is 0 Å². The lowest BCUT2D eigenvalue weighted by Gasteiger charge is -2.50. The number of fused-ring (bicyclic) bond motifs is 3. The van der Waals surface area contributed by atoms with Gasteiger partial charge in [-0.25, -0.2) is 0 Å². The zero-order valence-corrected chi connectivity index (χ0v) is 12.2. The average Bonchev–Trinajstić information content (AvgIpc) is 2.53. The van der Waals surface area contributed by atoms with Gasteiger partial charge < -0.3 is 5.32 Å². The summed E-state index contributed by atoms with van der Waals surface area (Å²) in [5, 5.41) is 3.11. The minimum atomic E-state index is 0.0558. The average molecular weight is 272 g/mol. The summed E-state index contributed by atoms with van der Waals surface area (Å²) < 4.78 is 0. The Balaban J connectivity index is 1.54. The molecule has 1 amide bonds. The van der Waals surface area contributed by atoms with Crippen LogP contribution < -0.4 is 5.32 Å². The molecule has 108 valence electrons. The van der Waals surface area contributed by atoms with E-state index in [1.165, 1.54) is 32.4 Å². The fourth-order valence-corrected chi connectivity index (χ4v) is 3.83. The fraction of sp³-hybridized carbons (Fsp3) is 0.588. The van der Waals surface area contributed by atoms with Gasteiger partial charge in [0.1, 0.15) is 0 Å². The van der Waals surface area contributed by atoms with Crippen LogP contribution in [0.4, 0.5) is 0 Å². The van der Waals surface area contributed by atoms with E-state index < -0.39 is 0 Å². The Morgan fingerprint density at radius 3 is 2.80 bits per heavy atom. The first-order valence-corrected chi connectivity index (χ1v) is 7.85. The Bertz CT molecular complexity index is 459. The van der Waals surface area contributed by atoms with Crippen LogP contribution in [0.2, 0.25) is 0 Å². The van der Waals surface area contributed by atoms with Crippen LogP contribution in [0.25, 0.3) is 0 Å². The molecule has 1 aromatic rings. The second-order valence-electron chi connectivity index (χ2n) is 6.18. The quantitative estimate of drug-likeness (QED) is 0.913. The third kappa shape index (κ3) is 2.73. The van der Waals surface area contributed by atoms with Gasteiger partial charge in [-0.05, 0) is 43.4 Å². The van der Waals surface area contributed by atoms with Crippen LogP contribution in [-0.2, 0) is 0 Å². The Labute approximate surface area is 121 Å². The summed E-state index contributed by atoms with van der Waals surface area (Å²) in [5.41, 5.74) is 0.759. The molecule has 4 atom stereocenters. The minimum Gasteiger partial charge on any atom is -0.350 e. The van der Waals surface area contributed by atoms with E-state index in [-0.39, 0.29) is 5.91 Å². The molecular weight excluding hydrogens is 248 g/mol. The number of benzene rings is 1. The van der Waals surface area contributed by atoms with Crippen molar-refractivity contribution in [3.05, 3.63) is 35.9 Å². The number of amides is 1. The number of carbonyl (C=O) groups excluding carboxylic acids is 1. The summed E-state index contributed by atoms with van der Waals surface area (Å²) in [6, 6.07) is 10.0. The molecule has 1 unspecified atom stereocenters. The van der Waals surface area contributed by atoms with Crippen molar-refractivity contribution < 1.29 is 4.79 Å². The zero-order chi connectivity index (χ0) is 13.9. The topological polar surface area (TPSA) is 32.3 Å². The van der Waals surface area contributed by atoms with E-state index in [2.05, 4.69) is 17.1 Å². The molecule has 3 saturated heterocycles. The molecule has 0 aromatic heterocycles. The molecule has 3 nitrogen and oxygen atoms in total. The van der Waals surface area contributed by atoms with Crippen LogP contribution in [0.3, 0.4) is 0 Å². The molecule has 4 rings (SSSR count). The van der Waals surface area contributed by atoms with Crippen LogP contribution in [0.15, 0.2) is 30.3 Å². The number of hydrogen-bond donors (Lipinski definition) is 1. The molecule has 1 N–H and O–H groups in total. The van der Waals surface area contributed by atoms with Crippen LogP contribution in [0.5, 0.6) is 0 Å². The summed E-state index contributed by atoms with van der Waals surface area (Å²) >= 11 is 0. The van der Waals surface area contributed by atoms with Gasteiger partial charge in [-0.1, -0.05) is 31.5 Å². The van der Waals surface area contributed by atoms with Crippen molar-refractivity contribution in [3.8, 4) is 0 Å². The lowest BCUT2D eigenvalue weighted by molar-refractivity contribution is 0.000726. The first kappa shape index (κ1) is 13.6. The highest BCUT2D eigenvalue weighted by molar-refractivity contribution is 5.94. The monoisotopic (exact) mass is 272 g/mol. The van der Waals surface area contributed by atoms with Gasteiger partial charge in [-0.15, -0.1) is 0 Å². The molecule has 0 radical (unpaired) electrons. The molecule has 0 aliphatic carbocycles. The second kappa shape index (κ2) is 5.96. The number of hydrogen-bond acceptors (Lipinski definition) is 2. The molecule has 3 aliphatic heterocycles. The molecule has 3 heterocycles. The summed E-state index contributed by atoms with van der Waals surface area (Å²) in [7, 11) is 0. The van der Waals surface area contributed by atoms with Gasteiger partial charge >= 0.3 is 0 Å². The normalized spacial score (nSPS) is 32.0. The Kier molecular flexibility index (Phi) is 4.06. The SMILES string of the molecule is CC[C@@H]1CN2CC[C@H]1C[C@@H]2CNC(=O)c1ccccc1. The lowest BCUT2D eigenvalue weighted by atomic mass is 9.74. The van der Waals surface area contributed by atoms with Crippen molar-refractivity contribution >= 4 is 5.91 Å². The van der Waals surface area contributed by atoms with Gasteiger partial charge in [-0.3, -0.25) is 9.69 Å². The van der Waals surface area contributed by atoms with Crippen molar-refractivity contribution in [1.82, 2.24) is 10.2 Å². The largest absolute Gasteiger partial charge is 0.350 e. The highest BCUT2D eigenvalue weighted by atomic mass is 16.1. The van der Waals surface area contributed by atoms with E-state index in [1.54, 1.807) is 0 Å². The van der Waals surface area contributed by atoms with Crippen molar-refractivity contribution in [2.24, 2.45) is 11.8 Å². The van der Waals surface area contributed by atoms with Gasteiger partial charge in [0.2, 0.25) is 0 Å². The number of nitrogens with one attached hydrogen (secondary N) is 1. The fourth-order valence-electron chi connectivity index (χ4n) is 3.83. The lowest BCUT2D eigenvalue weighted by Crippen LogP contribution is -2.56. The maximum absolute atomic E-state index is 12.1. The third-order valence-electron chi connectivity index (χ3n) is 5.07. The van der Waals surface area contributed by atoms with E-state index in [0.29, 0.717) is 6.04 Å². The first-order chi connectivity index (χ1) is 9.78. The molecule has 1 aromatic carbocycles. The van der Waals surface area contributed by atoms with Crippen molar-refractivity contribution in [2.75, 3.05) is 19.6 Å². The molecule has 3 heteroatoms. The summed E-state index contributed by atoms with van der Waals surface area (Å²) in [6.45, 7) is 5.54. The number of carbonyl (C=O) groups is 1. The van der Waals surface area contributed by atoms with E-state index in [0.717, 1.165) is 23.9 Å². The van der Waals surface area contributed by atoms with Crippen LogP contribution in [0, 0.1) is 11.8 Å². The molecular formula is C17H24N2O. The summed E-state index contributed by atoms with van der Waals surface area (Å²) in [5.74, 6) is 1.81. The molecule has 3 aliphatic rings. The molecule has 0 spiro atoms. The van der Waals surface area contributed by atoms with E-state index in [1.807, 2.05) is 30.3 Å². The predicted molar refractivity (Wildman–Crippen MR) is 80.6 cm³/mol. The maximum atomic E-state index is 12.1. The second-order valence-corrected chi connectivity index (χ2v) is 6.18. The highest BCUT2D eigenvalue weighted by Crippen LogP contribution is 2.37.